The lowest BCUT2D eigenvalue weighted by Gasteiger charge is -2.05. The third-order valence-corrected chi connectivity index (χ3v) is 1.81. The second-order valence-electron chi connectivity index (χ2n) is 2.20. The molecule has 0 radical (unpaired) electrons. The predicted octanol–water partition coefficient (Wildman–Crippen LogP) is 2.13. The van der Waals surface area contributed by atoms with Crippen LogP contribution in [0, 0.1) is 11.3 Å². The molecule has 1 aromatic heterocycles. The highest BCUT2D eigenvalue weighted by atomic mass is 35.5. The Morgan fingerprint density at radius 1 is 1.62 bits per heavy atom. The van der Waals surface area contributed by atoms with Crippen molar-refractivity contribution in [3.63, 3.8) is 0 Å². The Morgan fingerprint density at radius 3 is 2.69 bits per heavy atom. The number of pyridine rings is 1. The zero-order valence-electron chi connectivity index (χ0n) is 6.26. The van der Waals surface area contributed by atoms with E-state index in [2.05, 4.69) is 4.98 Å². The number of hydrogen-bond donors (Lipinski definition) is 1. The van der Waals surface area contributed by atoms with Crippen molar-refractivity contribution in [1.82, 2.24) is 4.98 Å². The van der Waals surface area contributed by atoms with Gasteiger partial charge < -0.3 is 5.73 Å². The van der Waals surface area contributed by atoms with E-state index in [9.17, 15) is 8.78 Å². The molecule has 1 rings (SSSR count). The molecule has 1 aromatic rings. The van der Waals surface area contributed by atoms with E-state index in [4.69, 9.17) is 22.6 Å². The highest BCUT2D eigenvalue weighted by Crippen LogP contribution is 2.30. The number of alkyl halides is 2. The summed E-state index contributed by atoms with van der Waals surface area (Å²) < 4.78 is 24.3. The Bertz CT molecular complexity index is 373. The van der Waals surface area contributed by atoms with Gasteiger partial charge in [0.1, 0.15) is 11.8 Å². The van der Waals surface area contributed by atoms with Crippen molar-refractivity contribution in [3.8, 4) is 6.07 Å². The van der Waals surface area contributed by atoms with Gasteiger partial charge in [-0.25, -0.2) is 8.78 Å². The third-order valence-electron chi connectivity index (χ3n) is 1.41. The number of aromatic nitrogens is 1. The molecule has 3 nitrogen and oxygen atoms in total. The van der Waals surface area contributed by atoms with Crippen molar-refractivity contribution >= 4 is 17.3 Å². The fourth-order valence-electron chi connectivity index (χ4n) is 0.758. The molecule has 0 aliphatic carbocycles. The summed E-state index contributed by atoms with van der Waals surface area (Å²) in [6.07, 6.45) is -1.81. The number of nitrogen functional groups attached to an aromatic ring is 1. The predicted molar refractivity (Wildman–Crippen MR) is 43.3 cm³/mol. The summed E-state index contributed by atoms with van der Waals surface area (Å²) in [4.78, 5) is 3.32. The van der Waals surface area contributed by atoms with Gasteiger partial charge in [0, 0.05) is 6.20 Å². The molecular formula is C7H4ClF2N3. The quantitative estimate of drug-likeness (QED) is 0.761. The van der Waals surface area contributed by atoms with Crippen LogP contribution in [0.4, 0.5) is 14.5 Å². The van der Waals surface area contributed by atoms with Crippen LogP contribution in [0.25, 0.3) is 0 Å². The first-order chi connectivity index (χ1) is 6.07. The smallest absolute Gasteiger partial charge is 0.281 e. The lowest BCUT2D eigenvalue weighted by molar-refractivity contribution is 0.146. The highest BCUT2D eigenvalue weighted by Gasteiger charge is 2.17. The molecule has 1 heterocycles. The van der Waals surface area contributed by atoms with E-state index in [-0.39, 0.29) is 16.3 Å². The Labute approximate surface area is 77.7 Å². The van der Waals surface area contributed by atoms with Gasteiger partial charge in [-0.1, -0.05) is 11.6 Å². The maximum Gasteiger partial charge on any atom is 0.281 e. The number of rotatable bonds is 1. The van der Waals surface area contributed by atoms with Crippen LogP contribution in [0.5, 0.6) is 0 Å². The molecule has 0 aromatic carbocycles. The van der Waals surface area contributed by atoms with Gasteiger partial charge in [-0.2, -0.15) is 5.26 Å². The molecule has 0 bridgehead atoms. The number of halogens is 3. The van der Waals surface area contributed by atoms with E-state index in [1.807, 2.05) is 0 Å². The summed E-state index contributed by atoms with van der Waals surface area (Å²) in [6.45, 7) is 0. The van der Waals surface area contributed by atoms with Crippen molar-refractivity contribution < 1.29 is 8.78 Å². The van der Waals surface area contributed by atoms with Crippen LogP contribution < -0.4 is 5.73 Å². The van der Waals surface area contributed by atoms with Gasteiger partial charge in [0.05, 0.1) is 16.3 Å². The second kappa shape index (κ2) is 3.54. The van der Waals surface area contributed by atoms with Crippen LogP contribution in [0.15, 0.2) is 6.20 Å². The zero-order valence-corrected chi connectivity index (χ0v) is 7.02. The molecule has 0 fully saturated rings. The molecule has 0 unspecified atom stereocenters. The molecule has 0 aliphatic heterocycles. The first kappa shape index (κ1) is 9.68. The SMILES string of the molecule is N#Cc1cnc(C(F)F)c(Cl)c1N. The summed E-state index contributed by atoms with van der Waals surface area (Å²) in [6, 6.07) is 1.69. The van der Waals surface area contributed by atoms with Crippen LogP contribution >= 0.6 is 11.6 Å². The van der Waals surface area contributed by atoms with Crippen LogP contribution in [-0.4, -0.2) is 4.98 Å². The first-order valence-electron chi connectivity index (χ1n) is 3.20. The van der Waals surface area contributed by atoms with E-state index in [0.29, 0.717) is 0 Å². The Hall–Kier alpha value is -1.41. The van der Waals surface area contributed by atoms with Crippen LogP contribution in [0.3, 0.4) is 0 Å². The number of anilines is 1. The van der Waals surface area contributed by atoms with Gasteiger partial charge in [-0.15, -0.1) is 0 Å². The maximum atomic E-state index is 12.2. The summed E-state index contributed by atoms with van der Waals surface area (Å²) in [5.41, 5.74) is 4.54. The van der Waals surface area contributed by atoms with E-state index in [1.54, 1.807) is 6.07 Å². The Morgan fingerprint density at radius 2 is 2.23 bits per heavy atom. The van der Waals surface area contributed by atoms with Crippen LogP contribution in [0.1, 0.15) is 17.7 Å². The maximum absolute atomic E-state index is 12.2. The molecule has 68 valence electrons. The summed E-state index contributed by atoms with van der Waals surface area (Å²) in [5, 5.41) is 8.10. The fourth-order valence-corrected chi connectivity index (χ4v) is 0.991. The van der Waals surface area contributed by atoms with Crippen LogP contribution in [-0.2, 0) is 0 Å². The zero-order chi connectivity index (χ0) is 10.0. The molecule has 13 heavy (non-hydrogen) atoms. The Kier molecular flexibility index (Phi) is 2.63. The number of nitriles is 1. The summed E-state index contributed by atoms with van der Waals surface area (Å²) in [5.74, 6) is 0. The lowest BCUT2D eigenvalue weighted by atomic mass is 10.2. The van der Waals surface area contributed by atoms with Gasteiger partial charge in [-0.05, 0) is 0 Å². The Balaban J connectivity index is 3.33. The third kappa shape index (κ3) is 1.68. The average molecular weight is 204 g/mol. The highest BCUT2D eigenvalue weighted by molar-refractivity contribution is 6.33. The van der Waals surface area contributed by atoms with Crippen molar-refractivity contribution in [1.29, 1.82) is 5.26 Å². The molecule has 0 atom stereocenters. The van der Waals surface area contributed by atoms with Crippen molar-refractivity contribution in [2.45, 2.75) is 6.43 Å². The average Bonchev–Trinajstić information content (AvgIpc) is 2.09. The molecule has 0 amide bonds. The minimum atomic E-state index is -2.79. The number of hydrogen-bond acceptors (Lipinski definition) is 3. The molecule has 0 spiro atoms. The lowest BCUT2D eigenvalue weighted by Crippen LogP contribution is -1.99. The van der Waals surface area contributed by atoms with Gasteiger partial charge in [0.25, 0.3) is 6.43 Å². The molecule has 0 saturated heterocycles. The molecular weight excluding hydrogens is 200 g/mol. The summed E-state index contributed by atoms with van der Waals surface area (Å²) in [7, 11) is 0. The van der Waals surface area contributed by atoms with Crippen molar-refractivity contribution in [2.75, 3.05) is 5.73 Å². The number of nitrogens with zero attached hydrogens (tertiary/aromatic N) is 2. The molecule has 6 heteroatoms. The number of nitrogens with two attached hydrogens (primary N) is 1. The topological polar surface area (TPSA) is 62.7 Å². The minimum Gasteiger partial charge on any atom is -0.396 e. The van der Waals surface area contributed by atoms with Crippen molar-refractivity contribution in [2.24, 2.45) is 0 Å². The first-order valence-corrected chi connectivity index (χ1v) is 3.57. The monoisotopic (exact) mass is 203 g/mol. The molecule has 0 aliphatic rings. The van der Waals surface area contributed by atoms with E-state index in [1.165, 1.54) is 0 Å². The van der Waals surface area contributed by atoms with Gasteiger partial charge in [-0.3, -0.25) is 4.98 Å². The van der Waals surface area contributed by atoms with Crippen molar-refractivity contribution in [3.05, 3.63) is 22.5 Å². The molecule has 0 saturated carbocycles. The van der Waals surface area contributed by atoms with Gasteiger partial charge in [0.15, 0.2) is 0 Å². The van der Waals surface area contributed by atoms with Gasteiger partial charge in [0.2, 0.25) is 0 Å². The fraction of sp³-hybridized carbons (Fsp3) is 0.143. The van der Waals surface area contributed by atoms with E-state index in [0.717, 1.165) is 6.20 Å². The van der Waals surface area contributed by atoms with E-state index < -0.39 is 12.1 Å². The molecule has 2 N–H and O–H groups in total. The standard InChI is InChI=1S/C7H4ClF2N3/c8-4-5(12)3(1-11)2-13-6(4)7(9)10/h2,7H,(H2,12,13). The largest absolute Gasteiger partial charge is 0.396 e. The normalized spacial score (nSPS) is 10.1. The van der Waals surface area contributed by atoms with Gasteiger partial charge >= 0.3 is 0 Å². The van der Waals surface area contributed by atoms with E-state index >= 15 is 0 Å². The minimum absolute atomic E-state index is 0.00519. The summed E-state index contributed by atoms with van der Waals surface area (Å²) >= 11 is 5.45. The second-order valence-corrected chi connectivity index (χ2v) is 2.58. The van der Waals surface area contributed by atoms with Crippen LogP contribution in [0.2, 0.25) is 5.02 Å².